The molecule has 172 valence electrons. The number of carboxylic acid groups (broad SMARTS) is 1. The Morgan fingerprint density at radius 3 is 2.26 bits per heavy atom. The molecule has 0 fully saturated rings. The van der Waals surface area contributed by atoms with E-state index in [0.29, 0.717) is 6.42 Å². The molecule has 0 saturated heterocycles. The summed E-state index contributed by atoms with van der Waals surface area (Å²) in [5.74, 6) is -2.28. The molecule has 3 unspecified atom stereocenters. The molecular formula is C21H32N4O5S. The van der Waals surface area contributed by atoms with Crippen molar-refractivity contribution in [2.24, 2.45) is 11.7 Å². The highest BCUT2D eigenvalue weighted by Crippen LogP contribution is 2.05. The predicted octanol–water partition coefficient (Wildman–Crippen LogP) is 0.136. The molecule has 0 radical (unpaired) electrons. The van der Waals surface area contributed by atoms with Gasteiger partial charge in [0.05, 0.1) is 12.6 Å². The largest absolute Gasteiger partial charge is 0.480 e. The number of amides is 3. The third-order valence-electron chi connectivity index (χ3n) is 4.56. The van der Waals surface area contributed by atoms with Crippen LogP contribution >= 0.6 is 11.8 Å². The Hall–Kier alpha value is -2.59. The van der Waals surface area contributed by atoms with Crippen molar-refractivity contribution in [1.29, 1.82) is 0 Å². The average Bonchev–Trinajstić information content (AvgIpc) is 2.73. The Morgan fingerprint density at radius 1 is 1.06 bits per heavy atom. The smallest absolute Gasteiger partial charge is 0.326 e. The topological polar surface area (TPSA) is 151 Å². The van der Waals surface area contributed by atoms with Gasteiger partial charge in [-0.2, -0.15) is 11.8 Å². The van der Waals surface area contributed by atoms with Crippen LogP contribution in [0.2, 0.25) is 0 Å². The number of rotatable bonds is 13. The number of aliphatic carboxylic acids is 1. The van der Waals surface area contributed by atoms with Crippen molar-refractivity contribution in [3.8, 4) is 0 Å². The summed E-state index contributed by atoms with van der Waals surface area (Å²) in [6.07, 6.45) is 2.52. The van der Waals surface area contributed by atoms with Crippen LogP contribution in [0.4, 0.5) is 0 Å². The molecule has 3 amide bonds. The number of hydrogen-bond donors (Lipinski definition) is 5. The van der Waals surface area contributed by atoms with Gasteiger partial charge in [-0.15, -0.1) is 0 Å². The van der Waals surface area contributed by atoms with Gasteiger partial charge in [0.25, 0.3) is 0 Å². The van der Waals surface area contributed by atoms with E-state index >= 15 is 0 Å². The minimum atomic E-state index is -1.17. The van der Waals surface area contributed by atoms with E-state index in [9.17, 15) is 24.3 Å². The zero-order valence-electron chi connectivity index (χ0n) is 18.1. The van der Waals surface area contributed by atoms with Crippen LogP contribution in [0.3, 0.4) is 0 Å². The van der Waals surface area contributed by atoms with Crippen molar-refractivity contribution < 1.29 is 24.3 Å². The fraction of sp³-hybridized carbons (Fsp3) is 0.524. The van der Waals surface area contributed by atoms with E-state index in [1.54, 1.807) is 49.9 Å². The van der Waals surface area contributed by atoms with Crippen LogP contribution in [0.15, 0.2) is 30.3 Å². The second-order valence-corrected chi connectivity index (χ2v) is 8.47. The molecule has 0 aliphatic rings. The number of thioether (sulfide) groups is 1. The number of hydrogen-bond acceptors (Lipinski definition) is 6. The van der Waals surface area contributed by atoms with Gasteiger partial charge < -0.3 is 26.8 Å². The van der Waals surface area contributed by atoms with Crippen LogP contribution in [0, 0.1) is 5.92 Å². The Morgan fingerprint density at radius 2 is 1.71 bits per heavy atom. The molecule has 1 aromatic rings. The molecule has 9 nitrogen and oxygen atoms in total. The van der Waals surface area contributed by atoms with Crippen molar-refractivity contribution in [3.63, 3.8) is 0 Å². The molecule has 0 aliphatic heterocycles. The molecule has 1 rings (SSSR count). The molecule has 0 saturated carbocycles. The van der Waals surface area contributed by atoms with Crippen molar-refractivity contribution in [2.75, 3.05) is 18.6 Å². The lowest BCUT2D eigenvalue weighted by atomic mass is 10.0. The molecule has 3 atom stereocenters. The van der Waals surface area contributed by atoms with Gasteiger partial charge in [0.2, 0.25) is 17.7 Å². The first-order chi connectivity index (χ1) is 14.6. The molecule has 1 aromatic carbocycles. The van der Waals surface area contributed by atoms with E-state index < -0.39 is 48.4 Å². The Balaban J connectivity index is 2.60. The number of carboxylic acids is 1. The van der Waals surface area contributed by atoms with Gasteiger partial charge >= 0.3 is 5.97 Å². The van der Waals surface area contributed by atoms with Crippen molar-refractivity contribution in [1.82, 2.24) is 16.0 Å². The third kappa shape index (κ3) is 9.84. The summed E-state index contributed by atoms with van der Waals surface area (Å²) in [5, 5.41) is 16.9. The first-order valence-corrected chi connectivity index (χ1v) is 11.4. The van der Waals surface area contributed by atoms with Crippen LogP contribution in [-0.2, 0) is 25.6 Å². The minimum absolute atomic E-state index is 0.120. The lowest BCUT2D eigenvalue weighted by Gasteiger charge is -2.23. The normalized spacial score (nSPS) is 13.7. The van der Waals surface area contributed by atoms with Crippen LogP contribution in [-0.4, -0.2) is 65.5 Å². The fourth-order valence-electron chi connectivity index (χ4n) is 2.74. The molecule has 10 heteroatoms. The number of benzene rings is 1. The maximum atomic E-state index is 12.5. The van der Waals surface area contributed by atoms with Crippen molar-refractivity contribution in [2.45, 2.75) is 44.8 Å². The second-order valence-electron chi connectivity index (χ2n) is 7.48. The second kappa shape index (κ2) is 13.7. The summed E-state index contributed by atoms with van der Waals surface area (Å²) in [7, 11) is 0. The van der Waals surface area contributed by atoms with Gasteiger partial charge in [0.15, 0.2) is 0 Å². The number of nitrogens with one attached hydrogen (secondary N) is 3. The molecule has 6 N–H and O–H groups in total. The quantitative estimate of drug-likeness (QED) is 0.285. The molecule has 31 heavy (non-hydrogen) atoms. The highest BCUT2D eigenvalue weighted by molar-refractivity contribution is 7.98. The van der Waals surface area contributed by atoms with E-state index in [2.05, 4.69) is 16.0 Å². The van der Waals surface area contributed by atoms with E-state index in [1.807, 2.05) is 12.3 Å². The maximum absolute atomic E-state index is 12.5. The van der Waals surface area contributed by atoms with Crippen LogP contribution in [0.1, 0.15) is 25.8 Å². The minimum Gasteiger partial charge on any atom is -0.480 e. The van der Waals surface area contributed by atoms with E-state index in [4.69, 9.17) is 5.73 Å². The van der Waals surface area contributed by atoms with Gasteiger partial charge in [-0.3, -0.25) is 14.4 Å². The standard InChI is InChI=1S/C21H32N4O5S/c1-13(2)18(25-19(27)15(22)9-10-31-3)20(28)23-12-17(26)24-16(21(29)30)11-14-7-5-4-6-8-14/h4-8,13,15-16,18H,9-12,22H2,1-3H3,(H,23,28)(H,24,26)(H,25,27)(H,29,30). The average molecular weight is 453 g/mol. The summed E-state index contributed by atoms with van der Waals surface area (Å²) >= 11 is 1.57. The molecule has 0 aliphatic carbocycles. The van der Waals surface area contributed by atoms with E-state index in [0.717, 1.165) is 11.3 Å². The zero-order valence-corrected chi connectivity index (χ0v) is 18.9. The van der Waals surface area contributed by atoms with Crippen LogP contribution < -0.4 is 21.7 Å². The molecule has 0 heterocycles. The molecule has 0 spiro atoms. The summed E-state index contributed by atoms with van der Waals surface area (Å²) in [6, 6.07) is 6.20. The van der Waals surface area contributed by atoms with Crippen LogP contribution in [0.25, 0.3) is 0 Å². The van der Waals surface area contributed by atoms with Crippen molar-refractivity contribution >= 4 is 35.5 Å². The van der Waals surface area contributed by atoms with E-state index in [1.165, 1.54) is 0 Å². The fourth-order valence-corrected chi connectivity index (χ4v) is 3.23. The van der Waals surface area contributed by atoms with Crippen molar-refractivity contribution in [3.05, 3.63) is 35.9 Å². The first-order valence-electron chi connectivity index (χ1n) is 10.0. The van der Waals surface area contributed by atoms with Gasteiger partial charge in [-0.25, -0.2) is 4.79 Å². The van der Waals surface area contributed by atoms with E-state index in [-0.39, 0.29) is 12.3 Å². The number of carbonyl (C=O) groups excluding carboxylic acids is 3. The first kappa shape index (κ1) is 26.4. The van der Waals surface area contributed by atoms with Gasteiger partial charge in [-0.1, -0.05) is 44.2 Å². The summed E-state index contributed by atoms with van der Waals surface area (Å²) in [6.45, 7) is 3.12. The predicted molar refractivity (Wildman–Crippen MR) is 120 cm³/mol. The van der Waals surface area contributed by atoms with Gasteiger partial charge in [0, 0.05) is 6.42 Å². The number of nitrogens with two attached hydrogens (primary N) is 1. The monoisotopic (exact) mass is 452 g/mol. The summed E-state index contributed by atoms with van der Waals surface area (Å²) < 4.78 is 0. The highest BCUT2D eigenvalue weighted by Gasteiger charge is 2.27. The summed E-state index contributed by atoms with van der Waals surface area (Å²) in [5.41, 5.74) is 6.61. The Labute approximate surface area is 186 Å². The number of carbonyl (C=O) groups is 4. The molecule has 0 aromatic heterocycles. The van der Waals surface area contributed by atoms with Crippen LogP contribution in [0.5, 0.6) is 0 Å². The third-order valence-corrected chi connectivity index (χ3v) is 5.20. The van der Waals surface area contributed by atoms with Gasteiger partial charge in [-0.05, 0) is 29.9 Å². The highest BCUT2D eigenvalue weighted by atomic mass is 32.2. The van der Waals surface area contributed by atoms with Gasteiger partial charge in [0.1, 0.15) is 12.1 Å². The Bertz CT molecular complexity index is 745. The SMILES string of the molecule is CSCCC(N)C(=O)NC(C(=O)NCC(=O)NC(Cc1ccccc1)C(=O)O)C(C)C. The molecule has 0 bridgehead atoms. The Kier molecular flexibility index (Phi) is 11.7. The lowest BCUT2D eigenvalue weighted by molar-refractivity contribution is -0.141. The lowest BCUT2D eigenvalue weighted by Crippen LogP contribution is -2.55. The maximum Gasteiger partial charge on any atom is 0.326 e. The zero-order chi connectivity index (χ0) is 23.4. The summed E-state index contributed by atoms with van der Waals surface area (Å²) in [4.78, 5) is 48.4. The molecular weight excluding hydrogens is 420 g/mol.